The molecule has 0 spiro atoms. The summed E-state index contributed by atoms with van der Waals surface area (Å²) in [5.41, 5.74) is 2.03. The summed E-state index contributed by atoms with van der Waals surface area (Å²) in [6.45, 7) is 0. The first kappa shape index (κ1) is 20.3. The molecule has 150 valence electrons. The number of rotatable bonds is 7. The number of carboxylic acids is 1. The molecule has 7 nitrogen and oxygen atoms in total. The van der Waals surface area contributed by atoms with Gasteiger partial charge in [-0.2, -0.15) is 0 Å². The fourth-order valence-corrected chi connectivity index (χ4v) is 3.41. The van der Waals surface area contributed by atoms with Crippen LogP contribution in [0.15, 0.2) is 54.6 Å². The minimum atomic E-state index is -1.07. The Kier molecular flexibility index (Phi) is 6.07. The topological polar surface area (TPSA) is 104 Å². The fraction of sp³-hybridized carbons (Fsp3) is 0.273. The standard InChI is InChI=1S/C22H22N2O5/c1-24(18(22(28)29)12-14-5-3-2-4-6-14)21(27)16-9-7-15(8-10-16)11-17-13-19(25)23-20(17)26/h2-10,17-18H,11-13H2,1H3,(H,28,29)(H,23,25,26). The fourth-order valence-electron chi connectivity index (χ4n) is 3.41. The van der Waals surface area contributed by atoms with Gasteiger partial charge in [0, 0.05) is 25.5 Å². The van der Waals surface area contributed by atoms with Gasteiger partial charge < -0.3 is 10.0 Å². The minimum Gasteiger partial charge on any atom is -0.480 e. The first-order valence-electron chi connectivity index (χ1n) is 9.31. The lowest BCUT2D eigenvalue weighted by Crippen LogP contribution is -2.43. The highest BCUT2D eigenvalue weighted by Crippen LogP contribution is 2.19. The zero-order chi connectivity index (χ0) is 21.0. The van der Waals surface area contributed by atoms with Gasteiger partial charge in [0.1, 0.15) is 6.04 Å². The number of hydrogen-bond donors (Lipinski definition) is 2. The predicted molar refractivity (Wildman–Crippen MR) is 105 cm³/mol. The van der Waals surface area contributed by atoms with E-state index in [0.717, 1.165) is 11.1 Å². The number of imide groups is 1. The lowest BCUT2D eigenvalue weighted by Gasteiger charge is -2.25. The first-order chi connectivity index (χ1) is 13.8. The molecular formula is C22H22N2O5. The average molecular weight is 394 g/mol. The second-order valence-corrected chi connectivity index (χ2v) is 7.17. The molecule has 3 rings (SSSR count). The van der Waals surface area contributed by atoms with E-state index >= 15 is 0 Å². The highest BCUT2D eigenvalue weighted by molar-refractivity contribution is 6.03. The van der Waals surface area contributed by atoms with E-state index < -0.39 is 23.8 Å². The molecule has 3 amide bonds. The molecule has 29 heavy (non-hydrogen) atoms. The summed E-state index contributed by atoms with van der Waals surface area (Å²) in [5.74, 6) is -2.41. The van der Waals surface area contributed by atoms with Crippen molar-refractivity contribution >= 4 is 23.7 Å². The lowest BCUT2D eigenvalue weighted by molar-refractivity contribution is -0.142. The van der Waals surface area contributed by atoms with Crippen LogP contribution in [0.5, 0.6) is 0 Å². The van der Waals surface area contributed by atoms with E-state index in [-0.39, 0.29) is 24.7 Å². The summed E-state index contributed by atoms with van der Waals surface area (Å²) in [6, 6.07) is 14.8. The van der Waals surface area contributed by atoms with E-state index in [1.807, 2.05) is 30.3 Å². The Morgan fingerprint density at radius 2 is 1.72 bits per heavy atom. The number of carbonyl (C=O) groups excluding carboxylic acids is 3. The third-order valence-corrected chi connectivity index (χ3v) is 5.09. The van der Waals surface area contributed by atoms with Crippen molar-refractivity contribution in [1.82, 2.24) is 10.2 Å². The lowest BCUT2D eigenvalue weighted by atomic mass is 9.97. The van der Waals surface area contributed by atoms with Crippen LogP contribution < -0.4 is 5.32 Å². The molecule has 2 unspecified atom stereocenters. The Morgan fingerprint density at radius 1 is 1.07 bits per heavy atom. The van der Waals surface area contributed by atoms with Crippen LogP contribution in [0, 0.1) is 5.92 Å². The van der Waals surface area contributed by atoms with Gasteiger partial charge in [0.25, 0.3) is 5.91 Å². The molecule has 1 aliphatic rings. The molecule has 2 atom stereocenters. The maximum Gasteiger partial charge on any atom is 0.326 e. The van der Waals surface area contributed by atoms with Crippen LogP contribution >= 0.6 is 0 Å². The average Bonchev–Trinajstić information content (AvgIpc) is 3.03. The van der Waals surface area contributed by atoms with Gasteiger partial charge in [0.05, 0.1) is 5.92 Å². The summed E-state index contributed by atoms with van der Waals surface area (Å²) in [6.07, 6.45) is 0.789. The molecule has 0 bridgehead atoms. The smallest absolute Gasteiger partial charge is 0.326 e. The van der Waals surface area contributed by atoms with Crippen molar-refractivity contribution in [2.45, 2.75) is 25.3 Å². The number of benzene rings is 2. The van der Waals surface area contributed by atoms with Gasteiger partial charge >= 0.3 is 5.97 Å². The SMILES string of the molecule is CN(C(=O)c1ccc(CC2CC(=O)NC2=O)cc1)C(Cc1ccccc1)C(=O)O. The Morgan fingerprint density at radius 3 is 2.28 bits per heavy atom. The zero-order valence-corrected chi connectivity index (χ0v) is 16.0. The van der Waals surface area contributed by atoms with E-state index in [4.69, 9.17) is 0 Å². The van der Waals surface area contributed by atoms with E-state index in [9.17, 15) is 24.3 Å². The minimum absolute atomic E-state index is 0.169. The molecule has 2 aromatic rings. The van der Waals surface area contributed by atoms with E-state index in [1.165, 1.54) is 11.9 Å². The van der Waals surface area contributed by atoms with Gasteiger partial charge in [0.2, 0.25) is 11.8 Å². The van der Waals surface area contributed by atoms with E-state index in [2.05, 4.69) is 5.32 Å². The molecule has 0 saturated carbocycles. The van der Waals surface area contributed by atoms with Crippen LogP contribution in [0.1, 0.15) is 27.9 Å². The van der Waals surface area contributed by atoms with E-state index in [1.54, 1.807) is 24.3 Å². The zero-order valence-electron chi connectivity index (χ0n) is 16.0. The van der Waals surface area contributed by atoms with Crippen molar-refractivity contribution in [2.75, 3.05) is 7.05 Å². The second-order valence-electron chi connectivity index (χ2n) is 7.17. The second kappa shape index (κ2) is 8.68. The maximum atomic E-state index is 12.8. The Labute approximate surface area is 168 Å². The van der Waals surface area contributed by atoms with Gasteiger partial charge in [-0.1, -0.05) is 42.5 Å². The predicted octanol–water partition coefficient (Wildman–Crippen LogP) is 1.66. The van der Waals surface area contributed by atoms with Crippen LogP contribution in [-0.2, 0) is 27.2 Å². The molecule has 2 aromatic carbocycles. The molecular weight excluding hydrogens is 372 g/mol. The number of hydrogen-bond acceptors (Lipinski definition) is 4. The molecule has 0 radical (unpaired) electrons. The molecule has 2 N–H and O–H groups in total. The molecule has 1 fully saturated rings. The maximum absolute atomic E-state index is 12.8. The molecule has 0 aromatic heterocycles. The number of nitrogens with one attached hydrogen (secondary N) is 1. The Bertz CT molecular complexity index is 924. The molecule has 1 saturated heterocycles. The van der Waals surface area contributed by atoms with Gasteiger partial charge in [0.15, 0.2) is 0 Å². The van der Waals surface area contributed by atoms with Gasteiger partial charge in [-0.15, -0.1) is 0 Å². The van der Waals surface area contributed by atoms with Gasteiger partial charge in [-0.25, -0.2) is 4.79 Å². The number of amides is 3. The highest BCUT2D eigenvalue weighted by atomic mass is 16.4. The third kappa shape index (κ3) is 4.87. The highest BCUT2D eigenvalue weighted by Gasteiger charge is 2.31. The molecule has 7 heteroatoms. The quantitative estimate of drug-likeness (QED) is 0.695. The summed E-state index contributed by atoms with van der Waals surface area (Å²) >= 11 is 0. The summed E-state index contributed by atoms with van der Waals surface area (Å²) in [4.78, 5) is 48.7. The number of nitrogens with zero attached hydrogens (tertiary/aromatic N) is 1. The number of carbonyl (C=O) groups is 4. The Balaban J connectivity index is 1.68. The Hall–Kier alpha value is -3.48. The van der Waals surface area contributed by atoms with Crippen molar-refractivity contribution in [2.24, 2.45) is 5.92 Å². The van der Waals surface area contributed by atoms with Gasteiger partial charge in [-0.3, -0.25) is 19.7 Å². The van der Waals surface area contributed by atoms with Crippen LogP contribution in [-0.4, -0.2) is 46.8 Å². The molecule has 1 aliphatic heterocycles. The molecule has 1 heterocycles. The normalized spacial score (nSPS) is 16.9. The number of carboxylic acid groups (broad SMARTS) is 1. The van der Waals surface area contributed by atoms with Crippen molar-refractivity contribution in [3.05, 3.63) is 71.3 Å². The van der Waals surface area contributed by atoms with Crippen LogP contribution in [0.25, 0.3) is 0 Å². The van der Waals surface area contributed by atoms with Gasteiger partial charge in [-0.05, 0) is 29.7 Å². The van der Waals surface area contributed by atoms with Crippen LogP contribution in [0.3, 0.4) is 0 Å². The number of aliphatic carboxylic acids is 1. The summed E-state index contributed by atoms with van der Waals surface area (Å²) in [5, 5.41) is 11.9. The van der Waals surface area contributed by atoms with Crippen molar-refractivity contribution in [1.29, 1.82) is 0 Å². The third-order valence-electron chi connectivity index (χ3n) is 5.09. The summed E-state index contributed by atoms with van der Waals surface area (Å²) in [7, 11) is 1.48. The van der Waals surface area contributed by atoms with Crippen LogP contribution in [0.2, 0.25) is 0 Å². The monoisotopic (exact) mass is 394 g/mol. The largest absolute Gasteiger partial charge is 0.480 e. The van der Waals surface area contributed by atoms with E-state index in [0.29, 0.717) is 12.0 Å². The number of likely N-dealkylation sites (N-methyl/N-ethyl adjacent to an activating group) is 1. The molecule has 0 aliphatic carbocycles. The summed E-state index contributed by atoms with van der Waals surface area (Å²) < 4.78 is 0. The van der Waals surface area contributed by atoms with Crippen LogP contribution in [0.4, 0.5) is 0 Å². The van der Waals surface area contributed by atoms with Crippen molar-refractivity contribution in [3.63, 3.8) is 0 Å². The first-order valence-corrected chi connectivity index (χ1v) is 9.31. The van der Waals surface area contributed by atoms with Crippen molar-refractivity contribution in [3.8, 4) is 0 Å². The van der Waals surface area contributed by atoms with Crippen molar-refractivity contribution < 1.29 is 24.3 Å².